The molecule has 1 aromatic heterocycles. The van der Waals surface area contributed by atoms with Crippen LogP contribution in [0.25, 0.3) is 0 Å². The van der Waals surface area contributed by atoms with Gasteiger partial charge >= 0.3 is 5.97 Å². The van der Waals surface area contributed by atoms with E-state index in [0.717, 1.165) is 9.21 Å². The summed E-state index contributed by atoms with van der Waals surface area (Å²) in [5.41, 5.74) is -0.999. The molecule has 118 valence electrons. The van der Waals surface area contributed by atoms with Crippen LogP contribution in [0.4, 0.5) is 0 Å². The number of hydrogen-bond acceptors (Lipinski definition) is 4. The summed E-state index contributed by atoms with van der Waals surface area (Å²) in [5, 5.41) is 9.72. The van der Waals surface area contributed by atoms with Crippen LogP contribution < -0.4 is 0 Å². The number of nitrogens with zero attached hydrogens (tertiary/aromatic N) is 2. The molecule has 7 heteroatoms. The molecule has 2 fully saturated rings. The third-order valence-electron chi connectivity index (χ3n) is 4.48. The maximum absolute atomic E-state index is 12.5. The number of carboxylic acid groups (broad SMARTS) is 1. The molecular weight excluding hydrogens is 324 g/mol. The van der Waals surface area contributed by atoms with Gasteiger partial charge in [0, 0.05) is 37.6 Å². The van der Waals surface area contributed by atoms with E-state index in [4.69, 9.17) is 11.6 Å². The predicted octanol–water partition coefficient (Wildman–Crippen LogP) is 1.93. The first-order valence-corrected chi connectivity index (χ1v) is 8.25. The van der Waals surface area contributed by atoms with E-state index in [1.807, 2.05) is 17.0 Å². The molecule has 3 heterocycles. The fraction of sp³-hybridized carbons (Fsp3) is 0.467. The van der Waals surface area contributed by atoms with E-state index < -0.39 is 17.3 Å². The number of thiophene rings is 1. The second kappa shape index (κ2) is 5.68. The Morgan fingerprint density at radius 2 is 2.32 bits per heavy atom. The van der Waals surface area contributed by atoms with Crippen LogP contribution in [0, 0.1) is 11.3 Å². The van der Waals surface area contributed by atoms with Crippen molar-refractivity contribution >= 4 is 34.8 Å². The minimum atomic E-state index is -0.999. The Morgan fingerprint density at radius 3 is 2.86 bits per heavy atom. The van der Waals surface area contributed by atoms with Gasteiger partial charge < -0.3 is 10.0 Å². The van der Waals surface area contributed by atoms with E-state index in [0.29, 0.717) is 26.2 Å². The van der Waals surface area contributed by atoms with Gasteiger partial charge in [-0.3, -0.25) is 14.5 Å². The van der Waals surface area contributed by atoms with Crippen molar-refractivity contribution in [3.05, 3.63) is 34.0 Å². The fourth-order valence-electron chi connectivity index (χ4n) is 3.49. The Kier molecular flexibility index (Phi) is 4.01. The molecule has 2 saturated heterocycles. The molecular formula is C15H17ClN2O3S. The fourth-order valence-corrected chi connectivity index (χ4v) is 4.62. The minimum Gasteiger partial charge on any atom is -0.481 e. The van der Waals surface area contributed by atoms with Crippen molar-refractivity contribution in [2.75, 3.05) is 26.2 Å². The van der Waals surface area contributed by atoms with Gasteiger partial charge in [0.05, 0.1) is 10.3 Å². The van der Waals surface area contributed by atoms with E-state index in [1.54, 1.807) is 11.0 Å². The van der Waals surface area contributed by atoms with Crippen LogP contribution >= 0.6 is 22.9 Å². The Bertz CT molecular complexity index is 632. The third-order valence-corrected chi connectivity index (χ3v) is 5.70. The summed E-state index contributed by atoms with van der Waals surface area (Å²) >= 11 is 7.42. The number of carboxylic acids is 1. The van der Waals surface area contributed by atoms with Crippen molar-refractivity contribution in [1.29, 1.82) is 0 Å². The van der Waals surface area contributed by atoms with Gasteiger partial charge in [0.25, 0.3) is 0 Å². The SMILES string of the molecule is C=CCN1C[C@@]2(C(=O)O)CN(Cc3ccc(Cl)s3)C[C@H]2C1=O. The molecule has 22 heavy (non-hydrogen) atoms. The summed E-state index contributed by atoms with van der Waals surface area (Å²) in [7, 11) is 0. The van der Waals surface area contributed by atoms with Crippen LogP contribution in [0.3, 0.4) is 0 Å². The molecule has 3 rings (SSSR count). The van der Waals surface area contributed by atoms with Crippen molar-refractivity contribution in [2.45, 2.75) is 6.54 Å². The molecule has 0 spiro atoms. The molecule has 0 aliphatic carbocycles. The van der Waals surface area contributed by atoms with Crippen LogP contribution in [0.1, 0.15) is 4.88 Å². The van der Waals surface area contributed by atoms with Gasteiger partial charge in [-0.05, 0) is 12.1 Å². The van der Waals surface area contributed by atoms with E-state index in [-0.39, 0.29) is 12.5 Å². The van der Waals surface area contributed by atoms with Crippen molar-refractivity contribution in [2.24, 2.45) is 11.3 Å². The first kappa shape index (κ1) is 15.5. The van der Waals surface area contributed by atoms with Crippen molar-refractivity contribution in [1.82, 2.24) is 9.80 Å². The summed E-state index contributed by atoms with van der Waals surface area (Å²) in [6.07, 6.45) is 1.64. The number of carbonyl (C=O) groups is 2. The molecule has 2 atom stereocenters. The lowest BCUT2D eigenvalue weighted by atomic mass is 9.81. The molecule has 0 bridgehead atoms. The highest BCUT2D eigenvalue weighted by atomic mass is 35.5. The quantitative estimate of drug-likeness (QED) is 0.832. The lowest BCUT2D eigenvalue weighted by Gasteiger charge is -2.24. The lowest BCUT2D eigenvalue weighted by Crippen LogP contribution is -2.40. The van der Waals surface area contributed by atoms with Gasteiger partial charge in [0.15, 0.2) is 0 Å². The molecule has 0 radical (unpaired) electrons. The Hall–Kier alpha value is -1.37. The predicted molar refractivity (Wildman–Crippen MR) is 84.9 cm³/mol. The monoisotopic (exact) mass is 340 g/mol. The Labute approximate surface area is 137 Å². The average molecular weight is 341 g/mol. The summed E-state index contributed by atoms with van der Waals surface area (Å²) in [4.78, 5) is 29.0. The first-order chi connectivity index (χ1) is 10.5. The number of likely N-dealkylation sites (tertiary alicyclic amines) is 2. The number of rotatable bonds is 5. The van der Waals surface area contributed by atoms with Crippen LogP contribution in [-0.2, 0) is 16.1 Å². The van der Waals surface area contributed by atoms with Crippen LogP contribution in [0.15, 0.2) is 24.8 Å². The number of halogens is 1. The van der Waals surface area contributed by atoms with E-state index in [1.165, 1.54) is 11.3 Å². The van der Waals surface area contributed by atoms with Gasteiger partial charge in [-0.2, -0.15) is 0 Å². The van der Waals surface area contributed by atoms with E-state index in [2.05, 4.69) is 6.58 Å². The summed E-state index contributed by atoms with van der Waals surface area (Å²) < 4.78 is 0.718. The van der Waals surface area contributed by atoms with Gasteiger partial charge in [0.1, 0.15) is 5.41 Å². The molecule has 0 saturated carbocycles. The van der Waals surface area contributed by atoms with E-state index >= 15 is 0 Å². The number of fused-ring (bicyclic) bond motifs is 1. The molecule has 0 unspecified atom stereocenters. The first-order valence-electron chi connectivity index (χ1n) is 7.06. The Balaban J connectivity index is 1.79. The highest BCUT2D eigenvalue weighted by Gasteiger charge is 2.61. The molecule has 1 aromatic rings. The maximum Gasteiger partial charge on any atom is 0.313 e. The lowest BCUT2D eigenvalue weighted by molar-refractivity contribution is -0.149. The summed E-state index contributed by atoms with van der Waals surface area (Å²) in [6, 6.07) is 3.78. The number of amides is 1. The van der Waals surface area contributed by atoms with Crippen LogP contribution in [-0.4, -0.2) is 53.0 Å². The average Bonchev–Trinajstić information content (AvgIpc) is 3.08. The van der Waals surface area contributed by atoms with Crippen LogP contribution in [0.2, 0.25) is 4.34 Å². The Morgan fingerprint density at radius 1 is 1.55 bits per heavy atom. The van der Waals surface area contributed by atoms with Gasteiger partial charge in [-0.25, -0.2) is 0 Å². The van der Waals surface area contributed by atoms with Gasteiger partial charge in [-0.15, -0.1) is 17.9 Å². The molecule has 2 aliphatic rings. The van der Waals surface area contributed by atoms with Gasteiger partial charge in [-0.1, -0.05) is 17.7 Å². The van der Waals surface area contributed by atoms with Crippen LogP contribution in [0.5, 0.6) is 0 Å². The van der Waals surface area contributed by atoms with Gasteiger partial charge in [0.2, 0.25) is 5.91 Å². The second-order valence-corrected chi connectivity index (χ2v) is 7.70. The molecule has 0 aromatic carbocycles. The smallest absolute Gasteiger partial charge is 0.313 e. The molecule has 5 nitrogen and oxygen atoms in total. The molecule has 1 N–H and O–H groups in total. The zero-order chi connectivity index (χ0) is 15.9. The zero-order valence-corrected chi connectivity index (χ0v) is 13.6. The highest BCUT2D eigenvalue weighted by Crippen LogP contribution is 2.44. The summed E-state index contributed by atoms with van der Waals surface area (Å²) in [6.45, 7) is 5.81. The van der Waals surface area contributed by atoms with Crippen molar-refractivity contribution < 1.29 is 14.7 Å². The molecule has 1 amide bonds. The normalized spacial score (nSPS) is 28.1. The maximum atomic E-state index is 12.5. The van der Waals surface area contributed by atoms with Crippen molar-refractivity contribution in [3.63, 3.8) is 0 Å². The number of hydrogen-bond donors (Lipinski definition) is 1. The van der Waals surface area contributed by atoms with Crippen molar-refractivity contribution in [3.8, 4) is 0 Å². The minimum absolute atomic E-state index is 0.0750. The number of carbonyl (C=O) groups excluding carboxylic acids is 1. The topological polar surface area (TPSA) is 60.9 Å². The van der Waals surface area contributed by atoms with E-state index in [9.17, 15) is 14.7 Å². The summed E-state index contributed by atoms with van der Waals surface area (Å²) in [5.74, 6) is -1.43. The highest BCUT2D eigenvalue weighted by molar-refractivity contribution is 7.16. The second-order valence-electron chi connectivity index (χ2n) is 5.90. The number of aliphatic carboxylic acids is 1. The largest absolute Gasteiger partial charge is 0.481 e. The molecule has 2 aliphatic heterocycles. The standard InChI is InChI=1S/C15H17ClN2O3S/c1-2-5-18-9-15(14(20)21)8-17(7-11(15)13(18)19)6-10-3-4-12(16)22-10/h2-4,11H,1,5-9H2,(H,20,21)/t11-,15-/m0/s1. The zero-order valence-electron chi connectivity index (χ0n) is 12.0. The third kappa shape index (κ3) is 2.45.